The Labute approximate surface area is 109 Å². The Morgan fingerprint density at radius 3 is 2.84 bits per heavy atom. The second-order valence-corrected chi connectivity index (χ2v) is 3.90. The molecule has 0 unspecified atom stereocenters. The Morgan fingerprint density at radius 1 is 1.21 bits per heavy atom. The minimum absolute atomic E-state index is 0.175. The lowest BCUT2D eigenvalue weighted by molar-refractivity contribution is 0.330. The number of aromatic nitrogens is 3. The van der Waals surface area contributed by atoms with E-state index < -0.39 is 0 Å². The average Bonchev–Trinajstić information content (AvgIpc) is 2.92. The van der Waals surface area contributed by atoms with Gasteiger partial charge in [0.25, 0.3) is 0 Å². The van der Waals surface area contributed by atoms with E-state index >= 15 is 0 Å². The van der Waals surface area contributed by atoms with Crippen molar-refractivity contribution in [3.63, 3.8) is 0 Å². The highest BCUT2D eigenvalue weighted by Gasteiger charge is 2.11. The summed E-state index contributed by atoms with van der Waals surface area (Å²) in [5.74, 6) is 0.573. The van der Waals surface area contributed by atoms with Crippen LogP contribution in [0.4, 0.5) is 5.95 Å². The number of fused-ring (bicyclic) bond motifs is 1. The van der Waals surface area contributed by atoms with Gasteiger partial charge in [-0.3, -0.25) is 0 Å². The minimum Gasteiger partial charge on any atom is -0.476 e. The number of anilines is 1. The zero-order valence-electron chi connectivity index (χ0n) is 10.3. The largest absolute Gasteiger partial charge is 0.476 e. The van der Waals surface area contributed by atoms with E-state index in [2.05, 4.69) is 15.0 Å². The quantitative estimate of drug-likeness (QED) is 0.773. The van der Waals surface area contributed by atoms with Crippen molar-refractivity contribution in [1.82, 2.24) is 15.0 Å². The molecular formula is C13H12N4O2. The van der Waals surface area contributed by atoms with Crippen molar-refractivity contribution >= 4 is 17.0 Å². The summed E-state index contributed by atoms with van der Waals surface area (Å²) in [5.41, 5.74) is 8.55. The molecule has 6 heteroatoms. The third kappa shape index (κ3) is 2.08. The normalized spacial score (nSPS) is 10.8. The first-order valence-corrected chi connectivity index (χ1v) is 5.87. The highest BCUT2D eigenvalue weighted by Crippen LogP contribution is 2.25. The van der Waals surface area contributed by atoms with Crippen LogP contribution in [0.1, 0.15) is 6.92 Å². The van der Waals surface area contributed by atoms with Gasteiger partial charge in [-0.1, -0.05) is 0 Å². The van der Waals surface area contributed by atoms with Gasteiger partial charge < -0.3 is 14.9 Å². The van der Waals surface area contributed by atoms with Gasteiger partial charge in [-0.05, 0) is 25.1 Å². The van der Waals surface area contributed by atoms with Gasteiger partial charge in [-0.2, -0.15) is 4.98 Å². The molecule has 0 aromatic carbocycles. The molecule has 0 aliphatic carbocycles. The van der Waals surface area contributed by atoms with E-state index in [1.54, 1.807) is 12.5 Å². The molecule has 0 saturated heterocycles. The number of nitrogens with two attached hydrogens (primary N) is 1. The fourth-order valence-corrected chi connectivity index (χ4v) is 1.81. The second-order valence-electron chi connectivity index (χ2n) is 3.90. The van der Waals surface area contributed by atoms with Gasteiger partial charge in [-0.15, -0.1) is 0 Å². The van der Waals surface area contributed by atoms with Crippen LogP contribution < -0.4 is 10.5 Å². The molecule has 0 aliphatic rings. The van der Waals surface area contributed by atoms with E-state index in [1.807, 2.05) is 25.1 Å². The van der Waals surface area contributed by atoms with E-state index in [0.717, 1.165) is 11.3 Å². The van der Waals surface area contributed by atoms with Crippen LogP contribution in [0.3, 0.4) is 0 Å². The van der Waals surface area contributed by atoms with E-state index in [9.17, 15) is 0 Å². The molecule has 0 radical (unpaired) electrons. The molecule has 19 heavy (non-hydrogen) atoms. The van der Waals surface area contributed by atoms with E-state index in [1.165, 1.54) is 0 Å². The summed E-state index contributed by atoms with van der Waals surface area (Å²) < 4.78 is 10.5. The molecule has 0 bridgehead atoms. The van der Waals surface area contributed by atoms with Crippen LogP contribution in [0.15, 0.2) is 35.1 Å². The standard InChI is InChI=1S/C13H12N4O2/c1-2-19-12-11-10(16-13(14)17-12)4-3-9(15-11)8-5-6-18-7-8/h3-7H,2H2,1H3,(H2,14,16,17). The number of hydrogen-bond donors (Lipinski definition) is 1. The van der Waals surface area contributed by atoms with Crippen molar-refractivity contribution in [3.05, 3.63) is 30.7 Å². The van der Waals surface area contributed by atoms with Crippen LogP contribution in [0.5, 0.6) is 5.88 Å². The molecule has 3 aromatic heterocycles. The Bertz CT molecular complexity index is 710. The van der Waals surface area contributed by atoms with Gasteiger partial charge in [0.2, 0.25) is 11.8 Å². The summed E-state index contributed by atoms with van der Waals surface area (Å²) in [7, 11) is 0. The third-order valence-corrected chi connectivity index (χ3v) is 2.63. The predicted octanol–water partition coefficient (Wildman–Crippen LogP) is 2.27. The van der Waals surface area contributed by atoms with E-state index in [4.69, 9.17) is 14.9 Å². The van der Waals surface area contributed by atoms with Gasteiger partial charge >= 0.3 is 0 Å². The van der Waals surface area contributed by atoms with Gasteiger partial charge in [-0.25, -0.2) is 9.97 Å². The number of ether oxygens (including phenoxy) is 1. The molecule has 3 rings (SSSR count). The predicted molar refractivity (Wildman–Crippen MR) is 70.6 cm³/mol. The second kappa shape index (κ2) is 4.56. The molecule has 96 valence electrons. The highest BCUT2D eigenvalue weighted by molar-refractivity contribution is 5.82. The SMILES string of the molecule is CCOc1nc(N)nc2ccc(-c3ccoc3)nc12. The van der Waals surface area contributed by atoms with Crippen LogP contribution in [-0.4, -0.2) is 21.6 Å². The van der Waals surface area contributed by atoms with Crippen molar-refractivity contribution in [2.45, 2.75) is 6.92 Å². The highest BCUT2D eigenvalue weighted by atomic mass is 16.5. The Balaban J connectivity index is 2.20. The van der Waals surface area contributed by atoms with Crippen molar-refractivity contribution in [2.24, 2.45) is 0 Å². The lowest BCUT2D eigenvalue weighted by Gasteiger charge is -2.07. The summed E-state index contributed by atoms with van der Waals surface area (Å²) in [5, 5.41) is 0. The number of nitrogen functional groups attached to an aromatic ring is 1. The first-order valence-electron chi connectivity index (χ1n) is 5.87. The topological polar surface area (TPSA) is 87.1 Å². The Morgan fingerprint density at radius 2 is 2.11 bits per heavy atom. The molecule has 0 amide bonds. The van der Waals surface area contributed by atoms with Crippen LogP contribution in [0.25, 0.3) is 22.3 Å². The van der Waals surface area contributed by atoms with Gasteiger partial charge in [0.15, 0.2) is 5.52 Å². The van der Waals surface area contributed by atoms with E-state index in [0.29, 0.717) is 23.5 Å². The molecule has 0 atom stereocenters. The maximum absolute atomic E-state index is 5.64. The number of furan rings is 1. The summed E-state index contributed by atoms with van der Waals surface area (Å²) in [4.78, 5) is 12.7. The molecule has 0 saturated carbocycles. The van der Waals surface area contributed by atoms with E-state index in [-0.39, 0.29) is 5.95 Å². The number of rotatable bonds is 3. The monoisotopic (exact) mass is 256 g/mol. The molecule has 3 heterocycles. The minimum atomic E-state index is 0.175. The zero-order valence-corrected chi connectivity index (χ0v) is 10.3. The van der Waals surface area contributed by atoms with Crippen molar-refractivity contribution in [1.29, 1.82) is 0 Å². The van der Waals surface area contributed by atoms with Gasteiger partial charge in [0.05, 0.1) is 30.3 Å². The summed E-state index contributed by atoms with van der Waals surface area (Å²) in [6.07, 6.45) is 3.23. The van der Waals surface area contributed by atoms with Gasteiger partial charge in [0.1, 0.15) is 0 Å². The van der Waals surface area contributed by atoms with Crippen molar-refractivity contribution in [3.8, 4) is 17.1 Å². The number of hydrogen-bond acceptors (Lipinski definition) is 6. The molecule has 0 aliphatic heterocycles. The fourth-order valence-electron chi connectivity index (χ4n) is 1.81. The van der Waals surface area contributed by atoms with Crippen LogP contribution >= 0.6 is 0 Å². The molecule has 3 aromatic rings. The first kappa shape index (κ1) is 11.5. The fraction of sp³-hybridized carbons (Fsp3) is 0.154. The summed E-state index contributed by atoms with van der Waals surface area (Å²) in [6, 6.07) is 5.53. The number of pyridine rings is 1. The lowest BCUT2D eigenvalue weighted by Crippen LogP contribution is -2.02. The van der Waals surface area contributed by atoms with Crippen molar-refractivity contribution < 1.29 is 9.15 Å². The number of nitrogens with zero attached hydrogens (tertiary/aromatic N) is 3. The van der Waals surface area contributed by atoms with Crippen LogP contribution in [0.2, 0.25) is 0 Å². The molecular weight excluding hydrogens is 244 g/mol. The smallest absolute Gasteiger partial charge is 0.245 e. The molecule has 2 N–H and O–H groups in total. The Kier molecular flexibility index (Phi) is 2.75. The lowest BCUT2D eigenvalue weighted by atomic mass is 10.2. The van der Waals surface area contributed by atoms with Gasteiger partial charge in [0, 0.05) is 5.56 Å². The summed E-state index contributed by atoms with van der Waals surface area (Å²) >= 11 is 0. The maximum atomic E-state index is 5.64. The van der Waals surface area contributed by atoms with Crippen molar-refractivity contribution in [2.75, 3.05) is 12.3 Å². The first-order chi connectivity index (χ1) is 9.28. The molecule has 0 fully saturated rings. The van der Waals surface area contributed by atoms with Crippen LogP contribution in [0, 0.1) is 0 Å². The average molecular weight is 256 g/mol. The maximum Gasteiger partial charge on any atom is 0.245 e. The summed E-state index contributed by atoms with van der Waals surface area (Å²) in [6.45, 7) is 2.37. The molecule has 6 nitrogen and oxygen atoms in total. The molecule has 0 spiro atoms. The Hall–Kier alpha value is -2.63. The van der Waals surface area contributed by atoms with Crippen LogP contribution in [-0.2, 0) is 0 Å². The third-order valence-electron chi connectivity index (χ3n) is 2.63. The zero-order chi connectivity index (χ0) is 13.2.